The summed E-state index contributed by atoms with van der Waals surface area (Å²) in [6.07, 6.45) is 2.85. The normalized spacial score (nSPS) is 8.58. The molecule has 0 saturated carbocycles. The van der Waals surface area contributed by atoms with E-state index in [0.29, 0.717) is 6.61 Å². The van der Waals surface area contributed by atoms with Gasteiger partial charge in [-0.1, -0.05) is 31.0 Å². The van der Waals surface area contributed by atoms with Gasteiger partial charge < -0.3 is 4.74 Å². The smallest absolute Gasteiger partial charge is 0.411 e. The van der Waals surface area contributed by atoms with E-state index in [1.54, 1.807) is 0 Å². The van der Waals surface area contributed by atoms with Gasteiger partial charge in [0.2, 0.25) is 6.08 Å². The van der Waals surface area contributed by atoms with Gasteiger partial charge in [0.1, 0.15) is 0 Å². The molecule has 0 aliphatic carbocycles. The van der Waals surface area contributed by atoms with Crippen LogP contribution >= 0.6 is 0 Å². The molecule has 1 amide bonds. The van der Waals surface area contributed by atoms with E-state index < -0.39 is 0 Å². The van der Waals surface area contributed by atoms with E-state index in [1.807, 2.05) is 31.2 Å². The van der Waals surface area contributed by atoms with Crippen molar-refractivity contribution in [1.29, 1.82) is 0 Å². The average Bonchev–Trinajstić information content (AvgIpc) is 2.42. The first-order valence-electron chi connectivity index (χ1n) is 6.10. The molecular weight excluding hydrogens is 244 g/mol. The minimum absolute atomic E-state index is 0.382. The Labute approximate surface area is 113 Å². The van der Waals surface area contributed by atoms with Crippen LogP contribution in [0.25, 0.3) is 0 Å². The molecule has 0 spiro atoms. The zero-order chi connectivity index (χ0) is 14.5. The number of nitrogens with one attached hydrogen (secondary N) is 1. The second kappa shape index (κ2) is 11.0. The van der Waals surface area contributed by atoms with Crippen LogP contribution in [-0.2, 0) is 9.53 Å². The molecule has 0 heterocycles. The maximum atomic E-state index is 11.2. The van der Waals surface area contributed by atoms with Crippen LogP contribution in [0.4, 0.5) is 10.5 Å². The van der Waals surface area contributed by atoms with Crippen molar-refractivity contribution in [2.45, 2.75) is 26.7 Å². The number of ether oxygens (including phenoxy) is 1. The van der Waals surface area contributed by atoms with Crippen molar-refractivity contribution in [3.8, 4) is 0 Å². The highest BCUT2D eigenvalue weighted by Crippen LogP contribution is 2.08. The Morgan fingerprint density at radius 2 is 1.95 bits per heavy atom. The highest BCUT2D eigenvalue weighted by atomic mass is 16.5. The van der Waals surface area contributed by atoms with Gasteiger partial charge in [0.05, 0.1) is 6.61 Å². The fraction of sp³-hybridized carbons (Fsp3) is 0.429. The Balaban J connectivity index is 0.000000711. The van der Waals surface area contributed by atoms with Crippen molar-refractivity contribution in [2.75, 3.05) is 19.0 Å². The van der Waals surface area contributed by atoms with Gasteiger partial charge in [-0.2, -0.15) is 0 Å². The minimum atomic E-state index is -0.382. The van der Waals surface area contributed by atoms with Crippen LogP contribution in [0.15, 0.2) is 29.3 Å². The lowest BCUT2D eigenvalue weighted by Crippen LogP contribution is -2.14. The van der Waals surface area contributed by atoms with Crippen LogP contribution < -0.4 is 5.32 Å². The van der Waals surface area contributed by atoms with E-state index in [1.165, 1.54) is 18.7 Å². The lowest BCUT2D eigenvalue weighted by molar-refractivity contribution is 0.160. The van der Waals surface area contributed by atoms with Gasteiger partial charge in [0.15, 0.2) is 0 Å². The van der Waals surface area contributed by atoms with Crippen LogP contribution in [0.2, 0.25) is 0 Å². The number of aliphatic imine (C=N–C) groups is 1. The third kappa shape index (κ3) is 9.56. The molecule has 0 bridgehead atoms. The maximum absolute atomic E-state index is 11.2. The zero-order valence-corrected chi connectivity index (χ0v) is 11.6. The molecule has 19 heavy (non-hydrogen) atoms. The van der Waals surface area contributed by atoms with E-state index >= 15 is 0 Å². The Morgan fingerprint density at radius 3 is 2.42 bits per heavy atom. The van der Waals surface area contributed by atoms with Crippen molar-refractivity contribution in [3.63, 3.8) is 0 Å². The summed E-state index contributed by atoms with van der Waals surface area (Å²) >= 11 is 0. The lowest BCUT2D eigenvalue weighted by Gasteiger charge is -2.06. The highest BCUT2D eigenvalue weighted by molar-refractivity contribution is 5.84. The molecule has 0 aliphatic heterocycles. The van der Waals surface area contributed by atoms with Crippen LogP contribution in [0, 0.1) is 6.92 Å². The average molecular weight is 264 g/mol. The number of carbonyl (C=O) groups excluding carboxylic acids is 2. The third-order valence-corrected chi connectivity index (χ3v) is 2.12. The summed E-state index contributed by atoms with van der Waals surface area (Å²) in [4.78, 5) is 23.1. The first kappa shape index (κ1) is 16.9. The Morgan fingerprint density at radius 1 is 1.37 bits per heavy atom. The summed E-state index contributed by atoms with van der Waals surface area (Å²) in [5.74, 6) is 0. The highest BCUT2D eigenvalue weighted by Gasteiger charge is 2.01. The van der Waals surface area contributed by atoms with E-state index in [-0.39, 0.29) is 6.09 Å². The molecule has 1 rings (SSSR count). The second-order valence-electron chi connectivity index (χ2n) is 3.80. The predicted octanol–water partition coefficient (Wildman–Crippen LogP) is 3.30. The number of unbranched alkanes of at least 4 members (excludes halogenated alkanes) is 1. The predicted molar refractivity (Wildman–Crippen MR) is 75.1 cm³/mol. The Kier molecular flexibility index (Phi) is 9.76. The summed E-state index contributed by atoms with van der Waals surface area (Å²) < 4.78 is 4.97. The summed E-state index contributed by atoms with van der Waals surface area (Å²) in [6, 6.07) is 7.61. The first-order chi connectivity index (χ1) is 9.13. The molecule has 0 atom stereocenters. The quantitative estimate of drug-likeness (QED) is 0.515. The first-order valence-corrected chi connectivity index (χ1v) is 6.10. The largest absolute Gasteiger partial charge is 0.449 e. The van der Waals surface area contributed by atoms with E-state index in [4.69, 9.17) is 9.53 Å². The number of hydrogen-bond acceptors (Lipinski definition) is 4. The summed E-state index contributed by atoms with van der Waals surface area (Å²) in [5.41, 5.74) is 1.93. The summed E-state index contributed by atoms with van der Waals surface area (Å²) in [5, 5.41) is 2.67. The van der Waals surface area contributed by atoms with Crippen molar-refractivity contribution in [3.05, 3.63) is 29.8 Å². The molecule has 1 N–H and O–H groups in total. The number of hydrogen-bond donors (Lipinski definition) is 1. The lowest BCUT2D eigenvalue weighted by atomic mass is 10.2. The fourth-order valence-corrected chi connectivity index (χ4v) is 1.10. The van der Waals surface area contributed by atoms with Crippen LogP contribution in [0.3, 0.4) is 0 Å². The molecule has 104 valence electrons. The Hall–Kier alpha value is -2.13. The number of rotatable bonds is 4. The van der Waals surface area contributed by atoms with Gasteiger partial charge in [0, 0.05) is 12.7 Å². The molecule has 5 nitrogen and oxygen atoms in total. The van der Waals surface area contributed by atoms with Gasteiger partial charge in [-0.05, 0) is 25.5 Å². The molecular formula is C14H20N2O3. The number of carbonyl (C=O) groups is 1. The van der Waals surface area contributed by atoms with Gasteiger partial charge in [-0.25, -0.2) is 14.6 Å². The molecule has 0 unspecified atom stereocenters. The molecule has 0 aliphatic rings. The molecule has 5 heteroatoms. The number of isocyanates is 1. The molecule has 0 saturated heterocycles. The molecule has 0 fully saturated rings. The maximum Gasteiger partial charge on any atom is 0.411 e. The minimum Gasteiger partial charge on any atom is -0.449 e. The van der Waals surface area contributed by atoms with E-state index in [0.717, 1.165) is 18.5 Å². The topological polar surface area (TPSA) is 67.8 Å². The summed E-state index contributed by atoms with van der Waals surface area (Å²) in [7, 11) is 1.38. The number of benzene rings is 1. The zero-order valence-electron chi connectivity index (χ0n) is 11.6. The molecule has 0 aromatic heterocycles. The van der Waals surface area contributed by atoms with E-state index in [9.17, 15) is 4.79 Å². The van der Waals surface area contributed by atoms with Crippen LogP contribution in [0.1, 0.15) is 25.3 Å². The van der Waals surface area contributed by atoms with Gasteiger partial charge in [-0.3, -0.25) is 5.32 Å². The standard InChI is InChI=1S/C12H17NO2.C2H3NO/c1-3-4-9-15-12(14)13-11-7-5-10(2)6-8-11;1-3-2-4/h5-8H,3-4,9H2,1-2H3,(H,13,14);1H3. The van der Waals surface area contributed by atoms with Gasteiger partial charge >= 0.3 is 6.09 Å². The number of nitrogens with zero attached hydrogens (tertiary/aromatic N) is 1. The van der Waals surface area contributed by atoms with E-state index in [2.05, 4.69) is 17.2 Å². The number of anilines is 1. The van der Waals surface area contributed by atoms with Crippen molar-refractivity contribution in [1.82, 2.24) is 0 Å². The molecule has 1 aromatic carbocycles. The number of aryl methyl sites for hydroxylation is 1. The number of amides is 1. The Bertz CT molecular complexity index is 409. The molecule has 0 radical (unpaired) electrons. The monoisotopic (exact) mass is 264 g/mol. The van der Waals surface area contributed by atoms with Crippen LogP contribution in [0.5, 0.6) is 0 Å². The van der Waals surface area contributed by atoms with Crippen molar-refractivity contribution in [2.24, 2.45) is 4.99 Å². The molecule has 1 aromatic rings. The van der Waals surface area contributed by atoms with Gasteiger partial charge in [-0.15, -0.1) is 0 Å². The third-order valence-electron chi connectivity index (χ3n) is 2.12. The SMILES string of the molecule is CCCCOC(=O)Nc1ccc(C)cc1.CN=C=O. The summed E-state index contributed by atoms with van der Waals surface area (Å²) in [6.45, 7) is 4.54. The van der Waals surface area contributed by atoms with Crippen molar-refractivity contribution >= 4 is 17.9 Å². The van der Waals surface area contributed by atoms with Crippen molar-refractivity contribution < 1.29 is 14.3 Å². The fourth-order valence-electron chi connectivity index (χ4n) is 1.10. The second-order valence-corrected chi connectivity index (χ2v) is 3.80. The van der Waals surface area contributed by atoms with Crippen LogP contribution in [-0.4, -0.2) is 25.8 Å². The van der Waals surface area contributed by atoms with Gasteiger partial charge in [0.25, 0.3) is 0 Å².